The summed E-state index contributed by atoms with van der Waals surface area (Å²) in [6.45, 7) is 14.8. The quantitative estimate of drug-likeness (QED) is 0.101. The Morgan fingerprint density at radius 1 is 0.512 bits per heavy atom. The number of aromatic hydroxyl groups is 1. The zero-order chi connectivity index (χ0) is 30.2. The highest BCUT2D eigenvalue weighted by Gasteiger charge is 2.26. The van der Waals surface area contributed by atoms with Crippen molar-refractivity contribution in [2.45, 2.75) is 194 Å². The number of hydrogen-bond acceptors (Lipinski definition) is 3. The molecule has 1 rings (SSSR count). The van der Waals surface area contributed by atoms with Gasteiger partial charge in [0, 0.05) is 26.1 Å². The monoisotopic (exact) mass is 575 g/mol. The molecule has 0 saturated heterocycles. The Morgan fingerprint density at radius 3 is 1.29 bits per heavy atom. The third kappa shape index (κ3) is 20.5. The number of benzene rings is 1. The second-order valence-electron chi connectivity index (χ2n) is 13.8. The van der Waals surface area contributed by atoms with E-state index in [1.165, 1.54) is 121 Å². The van der Waals surface area contributed by atoms with E-state index in [1.807, 2.05) is 12.1 Å². The smallest absolute Gasteiger partial charge is 0.119 e. The van der Waals surface area contributed by atoms with E-state index in [-0.39, 0.29) is 11.2 Å². The minimum atomic E-state index is -0.312. The van der Waals surface area contributed by atoms with Crippen molar-refractivity contribution >= 4 is 0 Å². The molecule has 1 N–H and O–H groups in total. The average molecular weight is 575 g/mol. The van der Waals surface area contributed by atoms with Crippen molar-refractivity contribution in [3.05, 3.63) is 29.3 Å². The SMILES string of the molecule is CCCCCCCCCCCCOC(C)(C)Cc1cccc(O)c1CC(C)(C)OCCCCCCCCCCCC. The van der Waals surface area contributed by atoms with Crippen LogP contribution in [0, 0.1) is 0 Å². The van der Waals surface area contributed by atoms with Gasteiger partial charge >= 0.3 is 0 Å². The molecule has 0 amide bonds. The molecule has 1 aromatic carbocycles. The van der Waals surface area contributed by atoms with Gasteiger partial charge in [-0.2, -0.15) is 0 Å². The normalized spacial score (nSPS) is 12.3. The van der Waals surface area contributed by atoms with Crippen molar-refractivity contribution in [1.82, 2.24) is 0 Å². The van der Waals surface area contributed by atoms with Gasteiger partial charge in [-0.15, -0.1) is 0 Å². The average Bonchev–Trinajstić information content (AvgIpc) is 2.92. The highest BCUT2D eigenvalue weighted by atomic mass is 16.5. The maximum atomic E-state index is 10.8. The van der Waals surface area contributed by atoms with Crippen molar-refractivity contribution in [3.63, 3.8) is 0 Å². The molecule has 0 aliphatic heterocycles. The predicted octanol–water partition coefficient (Wildman–Crippen LogP) is 11.9. The fraction of sp³-hybridized carbons (Fsp3) is 0.842. The molecule has 3 nitrogen and oxygen atoms in total. The van der Waals surface area contributed by atoms with E-state index in [4.69, 9.17) is 9.47 Å². The van der Waals surface area contributed by atoms with Gasteiger partial charge in [0.15, 0.2) is 0 Å². The van der Waals surface area contributed by atoms with Crippen LogP contribution in [0.2, 0.25) is 0 Å². The maximum absolute atomic E-state index is 10.8. The molecule has 0 aliphatic rings. The number of hydrogen-bond donors (Lipinski definition) is 1. The van der Waals surface area contributed by atoms with Crippen molar-refractivity contribution in [3.8, 4) is 5.75 Å². The Morgan fingerprint density at radius 2 is 0.878 bits per heavy atom. The molecular formula is C38H70O3. The second kappa shape index (κ2) is 23.4. The Hall–Kier alpha value is -1.06. The van der Waals surface area contributed by atoms with E-state index in [0.717, 1.165) is 38.0 Å². The minimum Gasteiger partial charge on any atom is -0.508 e. The van der Waals surface area contributed by atoms with Crippen molar-refractivity contribution in [1.29, 1.82) is 0 Å². The van der Waals surface area contributed by atoms with Gasteiger partial charge in [-0.1, -0.05) is 142 Å². The summed E-state index contributed by atoms with van der Waals surface area (Å²) >= 11 is 0. The molecule has 0 spiro atoms. The Bertz CT molecular complexity index is 739. The number of phenolic OH excluding ortho intramolecular Hbond substituents is 1. The molecule has 0 radical (unpaired) electrons. The van der Waals surface area contributed by atoms with Gasteiger partial charge in [0.05, 0.1) is 11.2 Å². The summed E-state index contributed by atoms with van der Waals surface area (Å²) in [5, 5.41) is 10.8. The lowest BCUT2D eigenvalue weighted by Crippen LogP contribution is -2.31. The van der Waals surface area contributed by atoms with Crippen molar-refractivity contribution < 1.29 is 14.6 Å². The Labute approximate surface area is 256 Å². The first-order chi connectivity index (χ1) is 19.7. The van der Waals surface area contributed by atoms with Crippen molar-refractivity contribution in [2.24, 2.45) is 0 Å². The van der Waals surface area contributed by atoms with Crippen LogP contribution in [0.15, 0.2) is 18.2 Å². The van der Waals surface area contributed by atoms with Crippen LogP contribution < -0.4 is 0 Å². The van der Waals surface area contributed by atoms with Crippen LogP contribution in [-0.2, 0) is 22.3 Å². The summed E-state index contributed by atoms with van der Waals surface area (Å²) in [4.78, 5) is 0. The van der Waals surface area contributed by atoms with Gasteiger partial charge in [-0.05, 0) is 57.7 Å². The fourth-order valence-corrected chi connectivity index (χ4v) is 5.85. The molecule has 0 aliphatic carbocycles. The van der Waals surface area contributed by atoms with Crippen LogP contribution in [0.3, 0.4) is 0 Å². The van der Waals surface area contributed by atoms with Gasteiger partial charge in [-0.25, -0.2) is 0 Å². The summed E-state index contributed by atoms with van der Waals surface area (Å²) in [6.07, 6.45) is 28.2. The molecule has 3 heteroatoms. The molecule has 0 fully saturated rings. The molecule has 41 heavy (non-hydrogen) atoms. The van der Waals surface area contributed by atoms with E-state index in [2.05, 4.69) is 47.6 Å². The first-order valence-corrected chi connectivity index (χ1v) is 17.8. The van der Waals surface area contributed by atoms with Crippen molar-refractivity contribution in [2.75, 3.05) is 13.2 Å². The zero-order valence-electron chi connectivity index (χ0n) is 28.5. The van der Waals surface area contributed by atoms with E-state index in [9.17, 15) is 5.11 Å². The fourth-order valence-electron chi connectivity index (χ4n) is 5.85. The number of rotatable bonds is 28. The van der Waals surface area contributed by atoms with E-state index in [0.29, 0.717) is 12.2 Å². The Balaban J connectivity index is 2.34. The summed E-state index contributed by atoms with van der Waals surface area (Å²) in [5.41, 5.74) is 1.61. The van der Waals surface area contributed by atoms with Crippen LogP contribution in [-0.4, -0.2) is 29.5 Å². The van der Waals surface area contributed by atoms with Gasteiger partial charge in [0.1, 0.15) is 5.75 Å². The topological polar surface area (TPSA) is 38.7 Å². The molecule has 1 aromatic rings. The van der Waals surface area contributed by atoms with Gasteiger partial charge in [0.2, 0.25) is 0 Å². The van der Waals surface area contributed by atoms with Gasteiger partial charge in [0.25, 0.3) is 0 Å². The Kier molecular flexibility index (Phi) is 21.7. The zero-order valence-corrected chi connectivity index (χ0v) is 28.5. The minimum absolute atomic E-state index is 0.261. The van der Waals surface area contributed by atoms with Crippen LogP contribution in [0.4, 0.5) is 0 Å². The van der Waals surface area contributed by atoms with Gasteiger partial charge in [-0.3, -0.25) is 0 Å². The number of ether oxygens (including phenoxy) is 2. The van der Waals surface area contributed by atoms with Crippen LogP contribution in [0.25, 0.3) is 0 Å². The van der Waals surface area contributed by atoms with Crippen LogP contribution in [0.1, 0.15) is 181 Å². The second-order valence-corrected chi connectivity index (χ2v) is 13.8. The van der Waals surface area contributed by atoms with E-state index < -0.39 is 0 Å². The lowest BCUT2D eigenvalue weighted by atomic mass is 9.88. The van der Waals surface area contributed by atoms with E-state index >= 15 is 0 Å². The van der Waals surface area contributed by atoms with E-state index in [1.54, 1.807) is 0 Å². The molecule has 0 saturated carbocycles. The molecule has 0 heterocycles. The van der Waals surface area contributed by atoms with Gasteiger partial charge < -0.3 is 14.6 Å². The largest absolute Gasteiger partial charge is 0.508 e. The predicted molar refractivity (Wildman–Crippen MR) is 179 cm³/mol. The summed E-state index contributed by atoms with van der Waals surface area (Å²) in [5.74, 6) is 0.378. The number of phenols is 1. The molecular weight excluding hydrogens is 504 g/mol. The summed E-state index contributed by atoms with van der Waals surface area (Å²) in [6, 6.07) is 5.93. The summed E-state index contributed by atoms with van der Waals surface area (Å²) in [7, 11) is 0. The lowest BCUT2D eigenvalue weighted by Gasteiger charge is -2.30. The molecule has 0 unspecified atom stereocenters. The first-order valence-electron chi connectivity index (χ1n) is 17.8. The lowest BCUT2D eigenvalue weighted by molar-refractivity contribution is -0.0231. The molecule has 240 valence electrons. The molecule has 0 atom stereocenters. The maximum Gasteiger partial charge on any atom is 0.119 e. The van der Waals surface area contributed by atoms with Crippen LogP contribution >= 0.6 is 0 Å². The third-order valence-corrected chi connectivity index (χ3v) is 8.45. The standard InChI is InChI=1S/C38H70O3/c1-7-9-11-13-15-17-19-21-23-25-30-40-37(3,4)32-34-28-27-29-36(39)35(34)33-38(5,6)41-31-26-24-22-20-18-16-14-12-10-8-2/h27-29,39H,7-26,30-33H2,1-6H3. The number of unbranched alkanes of at least 4 members (excludes halogenated alkanes) is 18. The third-order valence-electron chi connectivity index (χ3n) is 8.45. The highest BCUT2D eigenvalue weighted by molar-refractivity contribution is 5.41. The first kappa shape index (κ1) is 38.0. The molecule has 0 aromatic heterocycles. The molecule has 0 bridgehead atoms. The highest BCUT2D eigenvalue weighted by Crippen LogP contribution is 2.31. The summed E-state index contributed by atoms with van der Waals surface area (Å²) < 4.78 is 12.7. The van der Waals surface area contributed by atoms with Crippen LogP contribution in [0.5, 0.6) is 5.75 Å².